The Morgan fingerprint density at radius 1 is 1.39 bits per heavy atom. The van der Waals surface area contributed by atoms with E-state index in [2.05, 4.69) is 20.3 Å². The van der Waals surface area contributed by atoms with Crippen molar-refractivity contribution in [1.29, 1.82) is 5.41 Å². The fourth-order valence-corrected chi connectivity index (χ4v) is 4.59. The van der Waals surface area contributed by atoms with E-state index in [1.807, 2.05) is 18.7 Å². The van der Waals surface area contributed by atoms with Crippen LogP contribution in [0.4, 0.5) is 17.3 Å². The van der Waals surface area contributed by atoms with E-state index < -0.39 is 0 Å². The van der Waals surface area contributed by atoms with Gasteiger partial charge in [0.25, 0.3) is 0 Å². The van der Waals surface area contributed by atoms with Gasteiger partial charge in [-0.1, -0.05) is 13.8 Å². The summed E-state index contributed by atoms with van der Waals surface area (Å²) in [7, 11) is 0. The van der Waals surface area contributed by atoms with E-state index in [0.717, 1.165) is 21.5 Å². The van der Waals surface area contributed by atoms with Gasteiger partial charge in [-0.25, -0.2) is 15.0 Å². The van der Waals surface area contributed by atoms with Crippen LogP contribution >= 0.6 is 11.3 Å². The second kappa shape index (κ2) is 7.16. The van der Waals surface area contributed by atoms with Crippen molar-refractivity contribution in [3.05, 3.63) is 34.6 Å². The SMILES string of the molecule is CC(C)C(=O)N1CCc2c(sc3ncnc(Nc4cnc(N)c(C=N)c4)c23)C1. The van der Waals surface area contributed by atoms with E-state index >= 15 is 0 Å². The minimum absolute atomic E-state index is 0.00556. The Morgan fingerprint density at radius 2 is 2.21 bits per heavy atom. The number of nitrogen functional groups attached to an aromatic ring is 1. The van der Waals surface area contributed by atoms with Crippen LogP contribution in [0.5, 0.6) is 0 Å². The number of anilines is 3. The van der Waals surface area contributed by atoms with E-state index in [1.165, 1.54) is 18.1 Å². The molecule has 0 bridgehead atoms. The van der Waals surface area contributed by atoms with Crippen LogP contribution in [0, 0.1) is 11.3 Å². The lowest BCUT2D eigenvalue weighted by Crippen LogP contribution is -2.37. The van der Waals surface area contributed by atoms with Crippen LogP contribution in [0.3, 0.4) is 0 Å². The lowest BCUT2D eigenvalue weighted by Gasteiger charge is -2.28. The summed E-state index contributed by atoms with van der Waals surface area (Å²) in [4.78, 5) is 29.3. The van der Waals surface area contributed by atoms with E-state index in [0.29, 0.717) is 36.0 Å². The molecule has 4 N–H and O–H groups in total. The first kappa shape index (κ1) is 18.3. The predicted molar refractivity (Wildman–Crippen MR) is 111 cm³/mol. The molecule has 1 aliphatic heterocycles. The first-order valence-corrected chi connectivity index (χ1v) is 9.86. The third kappa shape index (κ3) is 3.18. The molecule has 0 aromatic carbocycles. The number of nitrogens with one attached hydrogen (secondary N) is 2. The van der Waals surface area contributed by atoms with Crippen LogP contribution in [-0.2, 0) is 17.8 Å². The van der Waals surface area contributed by atoms with Gasteiger partial charge < -0.3 is 21.4 Å². The minimum atomic E-state index is -0.00556. The molecule has 9 heteroatoms. The van der Waals surface area contributed by atoms with E-state index in [-0.39, 0.29) is 11.8 Å². The average molecular weight is 395 g/mol. The summed E-state index contributed by atoms with van der Waals surface area (Å²) < 4.78 is 0. The number of rotatable bonds is 4. The number of nitrogens with two attached hydrogens (primary N) is 1. The second-order valence-corrected chi connectivity index (χ2v) is 8.12. The number of pyridine rings is 1. The quantitative estimate of drug-likeness (QED) is 0.584. The Morgan fingerprint density at radius 3 is 2.96 bits per heavy atom. The molecule has 28 heavy (non-hydrogen) atoms. The van der Waals surface area contributed by atoms with Gasteiger partial charge >= 0.3 is 0 Å². The van der Waals surface area contributed by atoms with Crippen LogP contribution in [0.15, 0.2) is 18.6 Å². The Kier molecular flexibility index (Phi) is 4.68. The van der Waals surface area contributed by atoms with Gasteiger partial charge in [0.1, 0.15) is 22.8 Å². The maximum absolute atomic E-state index is 12.4. The van der Waals surface area contributed by atoms with Crippen molar-refractivity contribution in [2.45, 2.75) is 26.8 Å². The standard InChI is InChI=1S/C19H21N7OS/c1-10(2)19(27)26-4-3-13-14(8-26)28-18-15(13)17(23-9-24-18)25-12-5-11(6-20)16(21)22-7-12/h5-7,9-10,20H,3-4,8H2,1-2H3,(H2,21,22)(H,23,24,25). The van der Waals surface area contributed by atoms with Crippen molar-refractivity contribution in [1.82, 2.24) is 19.9 Å². The van der Waals surface area contributed by atoms with E-state index in [4.69, 9.17) is 11.1 Å². The molecule has 0 unspecified atom stereocenters. The number of amides is 1. The molecule has 144 valence electrons. The zero-order valence-corrected chi connectivity index (χ0v) is 16.5. The molecule has 1 aliphatic rings. The van der Waals surface area contributed by atoms with Gasteiger partial charge in [-0.2, -0.15) is 0 Å². The monoisotopic (exact) mass is 395 g/mol. The first-order chi connectivity index (χ1) is 13.5. The summed E-state index contributed by atoms with van der Waals surface area (Å²) in [6.45, 7) is 5.18. The second-order valence-electron chi connectivity index (χ2n) is 7.04. The van der Waals surface area contributed by atoms with E-state index in [9.17, 15) is 4.79 Å². The van der Waals surface area contributed by atoms with Crippen molar-refractivity contribution in [2.75, 3.05) is 17.6 Å². The molecule has 0 atom stereocenters. The number of hydrogen-bond acceptors (Lipinski definition) is 8. The van der Waals surface area contributed by atoms with Crippen LogP contribution in [0.2, 0.25) is 0 Å². The molecule has 0 saturated heterocycles. The molecule has 0 fully saturated rings. The Labute approximate surface area is 166 Å². The molecule has 1 amide bonds. The van der Waals surface area contributed by atoms with Gasteiger partial charge in [0.05, 0.1) is 23.8 Å². The number of fused-ring (bicyclic) bond motifs is 3. The maximum Gasteiger partial charge on any atom is 0.225 e. The molecule has 4 rings (SSSR count). The largest absolute Gasteiger partial charge is 0.383 e. The Bertz CT molecular complexity index is 1080. The summed E-state index contributed by atoms with van der Waals surface area (Å²) in [5, 5.41) is 11.7. The molecule has 8 nitrogen and oxygen atoms in total. The topological polar surface area (TPSA) is 121 Å². The number of aromatic nitrogens is 3. The number of thiophene rings is 1. The zero-order chi connectivity index (χ0) is 19.8. The average Bonchev–Trinajstić information content (AvgIpc) is 3.07. The van der Waals surface area contributed by atoms with Crippen LogP contribution in [0.25, 0.3) is 10.2 Å². The highest BCUT2D eigenvalue weighted by Crippen LogP contribution is 2.38. The molecule has 0 spiro atoms. The van der Waals surface area contributed by atoms with Crippen LogP contribution < -0.4 is 11.1 Å². The highest BCUT2D eigenvalue weighted by Gasteiger charge is 2.27. The Hall–Kier alpha value is -3.07. The van der Waals surface area contributed by atoms with Crippen molar-refractivity contribution in [3.8, 4) is 0 Å². The minimum Gasteiger partial charge on any atom is -0.383 e. The predicted octanol–water partition coefficient (Wildman–Crippen LogP) is 2.95. The molecule has 0 radical (unpaired) electrons. The molecule has 0 saturated carbocycles. The van der Waals surface area contributed by atoms with E-state index in [1.54, 1.807) is 23.6 Å². The van der Waals surface area contributed by atoms with Crippen molar-refractivity contribution in [3.63, 3.8) is 0 Å². The molecule has 3 aromatic heterocycles. The van der Waals surface area contributed by atoms with Gasteiger partial charge in [0.2, 0.25) is 5.91 Å². The highest BCUT2D eigenvalue weighted by molar-refractivity contribution is 7.19. The van der Waals surface area contributed by atoms with Gasteiger partial charge in [-0.05, 0) is 18.1 Å². The van der Waals surface area contributed by atoms with Crippen molar-refractivity contribution in [2.24, 2.45) is 5.92 Å². The van der Waals surface area contributed by atoms with Gasteiger partial charge in [-0.3, -0.25) is 4.79 Å². The van der Waals surface area contributed by atoms with Crippen LogP contribution in [-0.4, -0.2) is 38.5 Å². The maximum atomic E-state index is 12.4. The first-order valence-electron chi connectivity index (χ1n) is 9.05. The zero-order valence-electron chi connectivity index (χ0n) is 15.7. The fourth-order valence-electron chi connectivity index (χ4n) is 3.39. The molecule has 4 heterocycles. The number of nitrogens with zero attached hydrogens (tertiary/aromatic N) is 4. The normalized spacial score (nSPS) is 13.6. The van der Waals surface area contributed by atoms with Gasteiger partial charge in [0, 0.05) is 29.1 Å². The third-order valence-corrected chi connectivity index (χ3v) is 5.94. The molecule has 3 aromatic rings. The number of carbonyl (C=O) groups is 1. The summed E-state index contributed by atoms with van der Waals surface area (Å²) in [5.74, 6) is 1.19. The van der Waals surface area contributed by atoms with Gasteiger partial charge in [0.15, 0.2) is 0 Å². The summed E-state index contributed by atoms with van der Waals surface area (Å²) >= 11 is 1.61. The van der Waals surface area contributed by atoms with Gasteiger partial charge in [-0.15, -0.1) is 11.3 Å². The summed E-state index contributed by atoms with van der Waals surface area (Å²) in [5.41, 5.74) is 8.23. The smallest absolute Gasteiger partial charge is 0.225 e. The number of carbonyl (C=O) groups excluding carboxylic acids is 1. The lowest BCUT2D eigenvalue weighted by molar-refractivity contribution is -0.135. The van der Waals surface area contributed by atoms with Crippen LogP contribution in [0.1, 0.15) is 29.9 Å². The lowest BCUT2D eigenvalue weighted by atomic mass is 10.0. The molecular weight excluding hydrogens is 374 g/mol. The molecular formula is C19H21N7OS. The van der Waals surface area contributed by atoms with Crippen molar-refractivity contribution < 1.29 is 4.79 Å². The number of hydrogen-bond donors (Lipinski definition) is 3. The summed E-state index contributed by atoms with van der Waals surface area (Å²) in [6, 6.07) is 1.77. The highest BCUT2D eigenvalue weighted by atomic mass is 32.1. The van der Waals surface area contributed by atoms with Crippen molar-refractivity contribution >= 4 is 51.0 Å². The molecule has 0 aliphatic carbocycles. The summed E-state index contributed by atoms with van der Waals surface area (Å²) in [6.07, 6.45) is 5.11. The Balaban J connectivity index is 1.70. The third-order valence-electron chi connectivity index (χ3n) is 4.81. The fraction of sp³-hybridized carbons (Fsp3) is 0.316.